The predicted molar refractivity (Wildman–Crippen MR) is 49.7 cm³/mol. The SMILES string of the molecule is N=C1c2cc(F)ccc2CN1CC(F)(F)F. The summed E-state index contributed by atoms with van der Waals surface area (Å²) in [6.45, 7) is -1.17. The molecule has 1 heterocycles. The summed E-state index contributed by atoms with van der Waals surface area (Å²) in [5.74, 6) is -0.816. The predicted octanol–water partition coefficient (Wildman–Crippen LogP) is 2.53. The zero-order valence-electron chi connectivity index (χ0n) is 8.11. The zero-order valence-corrected chi connectivity index (χ0v) is 8.11. The Kier molecular flexibility index (Phi) is 2.36. The van der Waals surface area contributed by atoms with E-state index in [1.807, 2.05) is 0 Å². The Morgan fingerprint density at radius 2 is 2.00 bits per heavy atom. The van der Waals surface area contributed by atoms with Gasteiger partial charge in [-0.3, -0.25) is 5.41 Å². The molecule has 2 rings (SSSR count). The highest BCUT2D eigenvalue weighted by molar-refractivity contribution is 6.00. The lowest BCUT2D eigenvalue weighted by Gasteiger charge is -2.19. The number of amidine groups is 1. The summed E-state index contributed by atoms with van der Waals surface area (Å²) in [5, 5.41) is 7.52. The van der Waals surface area contributed by atoms with Gasteiger partial charge in [0.1, 0.15) is 18.2 Å². The molecule has 0 fully saturated rings. The molecule has 0 unspecified atom stereocenters. The molecule has 0 radical (unpaired) electrons. The molecule has 1 aliphatic rings. The maximum Gasteiger partial charge on any atom is 0.405 e. The standard InChI is InChI=1S/C10H8F4N2/c11-7-2-1-6-4-16(5-10(12,13)14)9(15)8(6)3-7/h1-3,15H,4-5H2. The van der Waals surface area contributed by atoms with Crippen LogP contribution in [0.1, 0.15) is 11.1 Å². The van der Waals surface area contributed by atoms with Gasteiger partial charge in [0, 0.05) is 12.1 Å². The second-order valence-corrected chi connectivity index (χ2v) is 3.62. The van der Waals surface area contributed by atoms with Crippen LogP contribution in [0.25, 0.3) is 0 Å². The lowest BCUT2D eigenvalue weighted by atomic mass is 10.1. The van der Waals surface area contributed by atoms with Gasteiger partial charge in [0.25, 0.3) is 0 Å². The first-order chi connectivity index (χ1) is 7.37. The van der Waals surface area contributed by atoms with Crippen molar-refractivity contribution in [2.75, 3.05) is 6.54 Å². The topological polar surface area (TPSA) is 27.1 Å². The monoisotopic (exact) mass is 232 g/mol. The molecular weight excluding hydrogens is 224 g/mol. The molecule has 0 aliphatic carbocycles. The van der Waals surface area contributed by atoms with E-state index in [1.54, 1.807) is 0 Å². The smallest absolute Gasteiger partial charge is 0.343 e. The molecule has 1 aromatic carbocycles. The van der Waals surface area contributed by atoms with Crippen molar-refractivity contribution in [2.45, 2.75) is 12.7 Å². The average Bonchev–Trinajstić information content (AvgIpc) is 2.42. The molecule has 0 aromatic heterocycles. The normalized spacial score (nSPS) is 15.5. The van der Waals surface area contributed by atoms with E-state index in [0.29, 0.717) is 5.56 Å². The Labute approximate surface area is 89.0 Å². The minimum absolute atomic E-state index is 0.00789. The van der Waals surface area contributed by atoms with Gasteiger partial charge in [-0.25, -0.2) is 4.39 Å². The molecule has 6 heteroatoms. The first-order valence-electron chi connectivity index (χ1n) is 4.56. The lowest BCUT2D eigenvalue weighted by Crippen LogP contribution is -2.34. The lowest BCUT2D eigenvalue weighted by molar-refractivity contribution is -0.138. The third-order valence-corrected chi connectivity index (χ3v) is 2.37. The average molecular weight is 232 g/mol. The summed E-state index contributed by atoms with van der Waals surface area (Å²) in [4.78, 5) is 0.879. The number of fused-ring (bicyclic) bond motifs is 1. The van der Waals surface area contributed by atoms with Gasteiger partial charge < -0.3 is 4.90 Å². The van der Waals surface area contributed by atoms with Crippen molar-refractivity contribution in [3.05, 3.63) is 35.1 Å². The first kappa shape index (κ1) is 10.9. The summed E-state index contributed by atoms with van der Waals surface area (Å²) < 4.78 is 49.4. The molecule has 0 bridgehead atoms. The van der Waals surface area contributed by atoms with Crippen LogP contribution in [0.15, 0.2) is 18.2 Å². The Morgan fingerprint density at radius 1 is 1.31 bits per heavy atom. The van der Waals surface area contributed by atoms with E-state index in [-0.39, 0.29) is 17.9 Å². The molecule has 1 aromatic rings. The summed E-state index contributed by atoms with van der Waals surface area (Å²) in [6, 6.07) is 3.69. The highest BCUT2D eigenvalue weighted by atomic mass is 19.4. The second kappa shape index (κ2) is 3.47. The van der Waals surface area contributed by atoms with Gasteiger partial charge >= 0.3 is 6.18 Å². The molecule has 0 saturated carbocycles. The molecular formula is C10H8F4N2. The summed E-state index contributed by atoms with van der Waals surface area (Å²) in [5.41, 5.74) is 0.792. The highest BCUT2D eigenvalue weighted by Crippen LogP contribution is 2.27. The fraction of sp³-hybridized carbons (Fsp3) is 0.300. The van der Waals surface area contributed by atoms with Crippen LogP contribution in [-0.4, -0.2) is 23.5 Å². The van der Waals surface area contributed by atoms with Crippen LogP contribution in [0.4, 0.5) is 17.6 Å². The van der Waals surface area contributed by atoms with E-state index >= 15 is 0 Å². The van der Waals surface area contributed by atoms with Gasteiger partial charge in [0.05, 0.1) is 0 Å². The number of hydrogen-bond donors (Lipinski definition) is 1. The molecule has 2 nitrogen and oxygen atoms in total. The van der Waals surface area contributed by atoms with Gasteiger partial charge in [0.15, 0.2) is 0 Å². The molecule has 1 aliphatic heterocycles. The fourth-order valence-corrected chi connectivity index (χ4v) is 1.71. The number of alkyl halides is 3. The van der Waals surface area contributed by atoms with E-state index in [9.17, 15) is 17.6 Å². The number of nitrogens with zero attached hydrogens (tertiary/aromatic N) is 1. The molecule has 16 heavy (non-hydrogen) atoms. The van der Waals surface area contributed by atoms with Gasteiger partial charge in [-0.05, 0) is 17.7 Å². The Bertz CT molecular complexity index is 439. The zero-order chi connectivity index (χ0) is 11.9. The number of rotatable bonds is 1. The highest BCUT2D eigenvalue weighted by Gasteiger charge is 2.35. The molecule has 86 valence electrons. The van der Waals surface area contributed by atoms with Crippen LogP contribution >= 0.6 is 0 Å². The van der Waals surface area contributed by atoms with Crippen LogP contribution in [-0.2, 0) is 6.54 Å². The first-order valence-corrected chi connectivity index (χ1v) is 4.56. The van der Waals surface area contributed by atoms with Crippen LogP contribution in [0, 0.1) is 11.2 Å². The van der Waals surface area contributed by atoms with Crippen molar-refractivity contribution in [1.82, 2.24) is 4.90 Å². The Balaban J connectivity index is 2.25. The van der Waals surface area contributed by atoms with Crippen LogP contribution in [0.5, 0.6) is 0 Å². The fourth-order valence-electron chi connectivity index (χ4n) is 1.71. The van der Waals surface area contributed by atoms with Gasteiger partial charge in [-0.15, -0.1) is 0 Å². The Morgan fingerprint density at radius 3 is 2.62 bits per heavy atom. The summed E-state index contributed by atoms with van der Waals surface area (Å²) >= 11 is 0. The largest absolute Gasteiger partial charge is 0.405 e. The van der Waals surface area contributed by atoms with Crippen LogP contribution in [0.2, 0.25) is 0 Å². The van der Waals surface area contributed by atoms with Crippen molar-refractivity contribution in [3.8, 4) is 0 Å². The van der Waals surface area contributed by atoms with Crippen LogP contribution < -0.4 is 0 Å². The third-order valence-electron chi connectivity index (χ3n) is 2.37. The van der Waals surface area contributed by atoms with Crippen molar-refractivity contribution in [2.24, 2.45) is 0 Å². The molecule has 1 N–H and O–H groups in total. The number of nitrogens with one attached hydrogen (secondary N) is 1. The minimum Gasteiger partial charge on any atom is -0.343 e. The minimum atomic E-state index is -4.35. The molecule has 0 atom stereocenters. The number of hydrogen-bond acceptors (Lipinski definition) is 1. The van der Waals surface area contributed by atoms with Crippen LogP contribution in [0.3, 0.4) is 0 Å². The van der Waals surface area contributed by atoms with Gasteiger partial charge in [-0.2, -0.15) is 13.2 Å². The van der Waals surface area contributed by atoms with Crippen molar-refractivity contribution in [3.63, 3.8) is 0 Å². The van der Waals surface area contributed by atoms with E-state index in [2.05, 4.69) is 0 Å². The maximum absolute atomic E-state index is 12.9. The van der Waals surface area contributed by atoms with E-state index < -0.39 is 18.5 Å². The summed E-state index contributed by atoms with van der Waals surface area (Å²) in [6.07, 6.45) is -4.35. The van der Waals surface area contributed by atoms with E-state index in [0.717, 1.165) is 11.0 Å². The molecule has 0 saturated heterocycles. The van der Waals surface area contributed by atoms with E-state index in [1.165, 1.54) is 12.1 Å². The van der Waals surface area contributed by atoms with E-state index in [4.69, 9.17) is 5.41 Å². The van der Waals surface area contributed by atoms with Gasteiger partial charge in [0.2, 0.25) is 0 Å². The molecule has 0 amide bonds. The van der Waals surface area contributed by atoms with Crippen molar-refractivity contribution < 1.29 is 17.6 Å². The third kappa shape index (κ3) is 2.00. The number of halogens is 4. The van der Waals surface area contributed by atoms with Gasteiger partial charge in [-0.1, -0.05) is 6.07 Å². The number of benzene rings is 1. The maximum atomic E-state index is 12.9. The quantitative estimate of drug-likeness (QED) is 0.740. The molecule has 0 spiro atoms. The summed E-state index contributed by atoms with van der Waals surface area (Å²) in [7, 11) is 0. The Hall–Kier alpha value is -1.59. The van der Waals surface area contributed by atoms with Crippen molar-refractivity contribution >= 4 is 5.84 Å². The second-order valence-electron chi connectivity index (χ2n) is 3.62. The van der Waals surface area contributed by atoms with Crippen molar-refractivity contribution in [1.29, 1.82) is 5.41 Å².